The standard InChI is InChI=1S/C14H20N3O4PS3/c1-4-20-22(23,21-5-2)25-14(24-6-3)16-15-11-12-7-9-13(10-8-12)17(18)19/h7-11H,4-6H2,1-3H3/b15-11+,16-14-. The SMILES string of the molecule is CCOP(=S)(OCC)S/C(=N\N=C\c1ccc([N+](=O)[O-])cc1)SCC. The molecule has 0 radical (unpaired) electrons. The molecule has 0 bridgehead atoms. The lowest BCUT2D eigenvalue weighted by molar-refractivity contribution is -0.384. The zero-order valence-corrected chi connectivity index (χ0v) is 17.5. The van der Waals surface area contributed by atoms with Crippen LogP contribution in [0.4, 0.5) is 5.69 Å². The Labute approximate surface area is 160 Å². The molecule has 0 atom stereocenters. The number of nitro groups is 1. The second-order valence-corrected chi connectivity index (χ2v) is 11.9. The highest BCUT2D eigenvalue weighted by Gasteiger charge is 2.22. The molecule has 7 nitrogen and oxygen atoms in total. The van der Waals surface area contributed by atoms with E-state index in [-0.39, 0.29) is 5.69 Å². The average Bonchev–Trinajstić information content (AvgIpc) is 2.55. The third-order valence-electron chi connectivity index (χ3n) is 2.48. The van der Waals surface area contributed by atoms with Crippen LogP contribution in [0.5, 0.6) is 0 Å². The Balaban J connectivity index is 2.86. The molecule has 0 spiro atoms. The minimum absolute atomic E-state index is 0.0348. The van der Waals surface area contributed by atoms with E-state index in [0.29, 0.717) is 23.2 Å². The summed E-state index contributed by atoms with van der Waals surface area (Å²) in [5.41, 5.74) is -1.73. The van der Waals surface area contributed by atoms with Crippen LogP contribution in [0, 0.1) is 10.1 Å². The number of non-ortho nitro benzene ring substituents is 1. The number of nitrogens with zero attached hydrogens (tertiary/aromatic N) is 3. The number of hydrogen-bond acceptors (Lipinski definition) is 9. The fraction of sp³-hybridized carbons (Fsp3) is 0.429. The Bertz CT molecular complexity index is 658. The number of hydrogen-bond donors (Lipinski definition) is 0. The summed E-state index contributed by atoms with van der Waals surface area (Å²) in [7, 11) is 0. The van der Waals surface area contributed by atoms with Crippen LogP contribution in [-0.2, 0) is 20.9 Å². The van der Waals surface area contributed by atoms with E-state index in [4.69, 9.17) is 20.9 Å². The van der Waals surface area contributed by atoms with Gasteiger partial charge in [-0.15, -0.1) is 5.10 Å². The van der Waals surface area contributed by atoms with Gasteiger partial charge in [0.15, 0.2) is 4.38 Å². The van der Waals surface area contributed by atoms with E-state index in [1.807, 2.05) is 20.8 Å². The lowest BCUT2D eigenvalue weighted by Crippen LogP contribution is -1.95. The van der Waals surface area contributed by atoms with Gasteiger partial charge in [0.2, 0.25) is 0 Å². The number of rotatable bonds is 9. The molecule has 0 heterocycles. The summed E-state index contributed by atoms with van der Waals surface area (Å²) in [6.07, 6.45) is 1.53. The lowest BCUT2D eigenvalue weighted by Gasteiger charge is -2.19. The van der Waals surface area contributed by atoms with Crippen LogP contribution in [0.1, 0.15) is 26.3 Å². The van der Waals surface area contributed by atoms with Crippen molar-refractivity contribution in [2.75, 3.05) is 19.0 Å². The molecule has 0 aliphatic carbocycles. The van der Waals surface area contributed by atoms with Crippen molar-refractivity contribution < 1.29 is 14.0 Å². The van der Waals surface area contributed by atoms with Crippen LogP contribution in [-0.4, -0.2) is 34.5 Å². The lowest BCUT2D eigenvalue weighted by atomic mass is 10.2. The van der Waals surface area contributed by atoms with Crippen LogP contribution in [0.25, 0.3) is 0 Å². The van der Waals surface area contributed by atoms with Crippen molar-refractivity contribution in [3.8, 4) is 0 Å². The smallest absolute Gasteiger partial charge is 0.269 e. The molecule has 0 aliphatic rings. The number of thioether (sulfide) groups is 1. The highest BCUT2D eigenvalue weighted by Crippen LogP contribution is 2.62. The Morgan fingerprint density at radius 2 is 1.88 bits per heavy atom. The van der Waals surface area contributed by atoms with Gasteiger partial charge >= 0.3 is 0 Å². The molecule has 25 heavy (non-hydrogen) atoms. The maximum absolute atomic E-state index is 10.6. The highest BCUT2D eigenvalue weighted by molar-refractivity contribution is 8.78. The predicted octanol–water partition coefficient (Wildman–Crippen LogP) is 5.07. The van der Waals surface area contributed by atoms with Crippen molar-refractivity contribution >= 4 is 56.9 Å². The quantitative estimate of drug-likeness (QED) is 0.181. The predicted molar refractivity (Wildman–Crippen MR) is 111 cm³/mol. The van der Waals surface area contributed by atoms with Crippen LogP contribution in [0.2, 0.25) is 0 Å². The van der Waals surface area contributed by atoms with E-state index in [2.05, 4.69) is 10.2 Å². The molecule has 0 unspecified atom stereocenters. The van der Waals surface area contributed by atoms with Crippen molar-refractivity contribution in [1.82, 2.24) is 0 Å². The summed E-state index contributed by atoms with van der Waals surface area (Å²) in [6, 6.07) is 6.07. The van der Waals surface area contributed by atoms with E-state index >= 15 is 0 Å². The first-order valence-electron chi connectivity index (χ1n) is 7.51. The average molecular weight is 422 g/mol. The second kappa shape index (κ2) is 11.8. The molecule has 11 heteroatoms. The zero-order valence-electron chi connectivity index (χ0n) is 14.2. The van der Waals surface area contributed by atoms with Crippen LogP contribution >= 0.6 is 28.8 Å². The minimum Gasteiger partial charge on any atom is -0.322 e. The van der Waals surface area contributed by atoms with E-state index < -0.39 is 10.6 Å². The first-order chi connectivity index (χ1) is 11.9. The molecule has 0 aromatic heterocycles. The summed E-state index contributed by atoms with van der Waals surface area (Å²) in [5.74, 6) is 0.812. The Morgan fingerprint density at radius 1 is 1.28 bits per heavy atom. The van der Waals surface area contributed by atoms with Gasteiger partial charge in [0, 0.05) is 12.1 Å². The van der Waals surface area contributed by atoms with E-state index in [1.165, 1.54) is 41.5 Å². The van der Waals surface area contributed by atoms with Crippen LogP contribution < -0.4 is 0 Å². The van der Waals surface area contributed by atoms with Gasteiger partial charge in [-0.3, -0.25) is 10.1 Å². The van der Waals surface area contributed by atoms with Crippen molar-refractivity contribution in [3.63, 3.8) is 0 Å². The normalized spacial score (nSPS) is 12.7. The molecule has 0 amide bonds. The van der Waals surface area contributed by atoms with E-state index in [0.717, 1.165) is 5.75 Å². The molecule has 138 valence electrons. The summed E-state index contributed by atoms with van der Waals surface area (Å²) < 4.78 is 11.9. The van der Waals surface area contributed by atoms with Gasteiger partial charge in [0.05, 0.1) is 24.4 Å². The van der Waals surface area contributed by atoms with Gasteiger partial charge < -0.3 is 9.05 Å². The molecular weight excluding hydrogens is 401 g/mol. The highest BCUT2D eigenvalue weighted by atomic mass is 32.9. The topological polar surface area (TPSA) is 86.3 Å². The Kier molecular flexibility index (Phi) is 10.5. The monoisotopic (exact) mass is 421 g/mol. The van der Waals surface area contributed by atoms with Crippen LogP contribution in [0.15, 0.2) is 34.5 Å². The van der Waals surface area contributed by atoms with Gasteiger partial charge in [-0.25, -0.2) is 0 Å². The van der Waals surface area contributed by atoms with Gasteiger partial charge in [-0.1, -0.05) is 18.7 Å². The second-order valence-electron chi connectivity index (χ2n) is 4.27. The van der Waals surface area contributed by atoms with Crippen molar-refractivity contribution in [1.29, 1.82) is 0 Å². The summed E-state index contributed by atoms with van der Waals surface area (Å²) in [5, 5.41) is 18.9. The Hall–Kier alpha value is -0.770. The van der Waals surface area contributed by atoms with Gasteiger partial charge in [0.1, 0.15) is 0 Å². The first-order valence-corrected chi connectivity index (χ1v) is 12.6. The molecule has 0 saturated heterocycles. The summed E-state index contributed by atoms with van der Waals surface area (Å²) in [6.45, 7) is 6.70. The largest absolute Gasteiger partial charge is 0.322 e. The van der Waals surface area contributed by atoms with Crippen LogP contribution in [0.3, 0.4) is 0 Å². The molecule has 1 aromatic carbocycles. The minimum atomic E-state index is -2.49. The first kappa shape index (κ1) is 22.3. The summed E-state index contributed by atoms with van der Waals surface area (Å²) in [4.78, 5) is 10.2. The fourth-order valence-corrected chi connectivity index (χ4v) is 8.21. The zero-order chi connectivity index (χ0) is 18.7. The molecular formula is C14H20N3O4PS3. The Morgan fingerprint density at radius 3 is 2.36 bits per heavy atom. The van der Waals surface area contributed by atoms with E-state index in [9.17, 15) is 10.1 Å². The molecule has 0 N–H and O–H groups in total. The molecule has 0 aliphatic heterocycles. The third-order valence-corrected chi connectivity index (χ3v) is 8.81. The molecule has 1 aromatic rings. The molecule has 0 fully saturated rings. The molecule has 0 saturated carbocycles. The third kappa shape index (κ3) is 8.44. The van der Waals surface area contributed by atoms with Crippen molar-refractivity contribution in [2.45, 2.75) is 20.8 Å². The molecule has 1 rings (SSSR count). The van der Waals surface area contributed by atoms with Crippen molar-refractivity contribution in [3.05, 3.63) is 39.9 Å². The number of benzene rings is 1. The fourth-order valence-electron chi connectivity index (χ4n) is 1.52. The maximum Gasteiger partial charge on any atom is 0.269 e. The number of nitro benzene ring substituents is 1. The van der Waals surface area contributed by atoms with Gasteiger partial charge in [0.25, 0.3) is 11.4 Å². The maximum atomic E-state index is 10.6. The summed E-state index contributed by atoms with van der Waals surface area (Å²) >= 11 is 8.30. The van der Waals surface area contributed by atoms with Gasteiger partial charge in [-0.05, 0) is 60.5 Å². The van der Waals surface area contributed by atoms with Crippen molar-refractivity contribution in [2.24, 2.45) is 10.2 Å². The van der Waals surface area contributed by atoms with Gasteiger partial charge in [-0.2, -0.15) is 5.10 Å². The van der Waals surface area contributed by atoms with E-state index in [1.54, 1.807) is 12.1 Å².